The average molecular weight is 142 g/mol. The van der Waals surface area contributed by atoms with Crippen LogP contribution < -0.4 is 0 Å². The number of allylic oxidation sites excluding steroid dienone is 1. The molecule has 0 aromatic heterocycles. The van der Waals surface area contributed by atoms with Gasteiger partial charge < -0.3 is 9.47 Å². The summed E-state index contributed by atoms with van der Waals surface area (Å²) in [5.74, 6) is 0. The monoisotopic (exact) mass is 142 g/mol. The zero-order valence-electron chi connectivity index (χ0n) is 6.38. The smallest absolute Gasteiger partial charge is 0.102 e. The van der Waals surface area contributed by atoms with Crippen molar-refractivity contribution in [3.05, 3.63) is 12.3 Å². The second-order valence-corrected chi connectivity index (χ2v) is 2.42. The highest BCUT2D eigenvalue weighted by molar-refractivity contribution is 4.70. The Morgan fingerprint density at radius 3 is 2.70 bits per heavy atom. The quantitative estimate of drug-likeness (QED) is 0.546. The molecule has 0 aromatic carbocycles. The summed E-state index contributed by atoms with van der Waals surface area (Å²) in [5, 5.41) is 0. The standard InChI is InChI=1S/C8H14O2/c1-2-5-10-8-3-6-9-7-4-8/h2,5,8H,3-4,6-7H2,1H3. The van der Waals surface area contributed by atoms with Crippen molar-refractivity contribution in [3.8, 4) is 0 Å². The van der Waals surface area contributed by atoms with E-state index in [4.69, 9.17) is 9.47 Å². The summed E-state index contributed by atoms with van der Waals surface area (Å²) in [6.07, 6.45) is 6.13. The molecule has 10 heavy (non-hydrogen) atoms. The van der Waals surface area contributed by atoms with Gasteiger partial charge in [0.25, 0.3) is 0 Å². The number of hydrogen-bond acceptors (Lipinski definition) is 2. The highest BCUT2D eigenvalue weighted by atomic mass is 16.5. The molecule has 0 bridgehead atoms. The lowest BCUT2D eigenvalue weighted by Gasteiger charge is -2.21. The predicted octanol–water partition coefficient (Wildman–Crippen LogP) is 1.72. The van der Waals surface area contributed by atoms with E-state index in [2.05, 4.69) is 0 Å². The molecule has 2 heteroatoms. The number of rotatable bonds is 2. The Labute approximate surface area is 61.8 Å². The van der Waals surface area contributed by atoms with Gasteiger partial charge in [-0.05, 0) is 6.92 Å². The first kappa shape index (κ1) is 7.61. The highest BCUT2D eigenvalue weighted by Crippen LogP contribution is 2.10. The summed E-state index contributed by atoms with van der Waals surface area (Å²) in [6.45, 7) is 3.66. The lowest BCUT2D eigenvalue weighted by Crippen LogP contribution is -2.21. The molecule has 1 heterocycles. The second-order valence-electron chi connectivity index (χ2n) is 2.42. The third-order valence-corrected chi connectivity index (χ3v) is 1.58. The van der Waals surface area contributed by atoms with E-state index >= 15 is 0 Å². The van der Waals surface area contributed by atoms with Gasteiger partial charge in [0.15, 0.2) is 0 Å². The molecular formula is C8H14O2. The Hall–Kier alpha value is -0.500. The lowest BCUT2D eigenvalue weighted by molar-refractivity contribution is 0.00593. The van der Waals surface area contributed by atoms with E-state index in [-0.39, 0.29) is 0 Å². The van der Waals surface area contributed by atoms with Crippen LogP contribution in [0.3, 0.4) is 0 Å². The largest absolute Gasteiger partial charge is 0.498 e. The van der Waals surface area contributed by atoms with Crippen LogP contribution in [0.5, 0.6) is 0 Å². The Balaban J connectivity index is 2.13. The van der Waals surface area contributed by atoms with Crippen LogP contribution in [0.1, 0.15) is 19.8 Å². The first-order valence-corrected chi connectivity index (χ1v) is 3.78. The van der Waals surface area contributed by atoms with Gasteiger partial charge in [-0.15, -0.1) is 0 Å². The van der Waals surface area contributed by atoms with Gasteiger partial charge in [-0.2, -0.15) is 0 Å². The van der Waals surface area contributed by atoms with Crippen LogP contribution >= 0.6 is 0 Å². The SMILES string of the molecule is CC=COC1CCOCC1. The maximum atomic E-state index is 5.37. The maximum absolute atomic E-state index is 5.37. The molecule has 1 fully saturated rings. The molecule has 0 radical (unpaired) electrons. The van der Waals surface area contributed by atoms with Gasteiger partial charge >= 0.3 is 0 Å². The molecule has 1 saturated heterocycles. The van der Waals surface area contributed by atoms with Crippen LogP contribution in [0.15, 0.2) is 12.3 Å². The van der Waals surface area contributed by atoms with Crippen LogP contribution in [0, 0.1) is 0 Å². The molecule has 1 rings (SSSR count). The van der Waals surface area contributed by atoms with Crippen LogP contribution in [0.4, 0.5) is 0 Å². The van der Waals surface area contributed by atoms with Crippen molar-refractivity contribution in [2.24, 2.45) is 0 Å². The van der Waals surface area contributed by atoms with Crippen LogP contribution in [-0.2, 0) is 9.47 Å². The Bertz CT molecular complexity index is 104. The molecule has 0 atom stereocenters. The van der Waals surface area contributed by atoms with E-state index in [0.717, 1.165) is 26.1 Å². The third kappa shape index (κ3) is 2.40. The van der Waals surface area contributed by atoms with Crippen molar-refractivity contribution in [3.63, 3.8) is 0 Å². The molecule has 0 unspecified atom stereocenters. The molecule has 58 valence electrons. The Morgan fingerprint density at radius 2 is 2.10 bits per heavy atom. The highest BCUT2D eigenvalue weighted by Gasteiger charge is 2.12. The summed E-state index contributed by atoms with van der Waals surface area (Å²) in [7, 11) is 0. The van der Waals surface area contributed by atoms with Crippen molar-refractivity contribution >= 4 is 0 Å². The van der Waals surface area contributed by atoms with E-state index in [1.165, 1.54) is 0 Å². The normalized spacial score (nSPS) is 21.7. The Kier molecular flexibility index (Phi) is 3.30. The number of hydrogen-bond donors (Lipinski definition) is 0. The van der Waals surface area contributed by atoms with E-state index in [1.54, 1.807) is 6.26 Å². The molecule has 0 aliphatic carbocycles. The second kappa shape index (κ2) is 4.34. The van der Waals surface area contributed by atoms with Crippen molar-refractivity contribution in [1.82, 2.24) is 0 Å². The topological polar surface area (TPSA) is 18.5 Å². The first-order chi connectivity index (χ1) is 4.93. The van der Waals surface area contributed by atoms with Gasteiger partial charge in [0.2, 0.25) is 0 Å². The minimum Gasteiger partial charge on any atom is -0.498 e. The molecule has 0 N–H and O–H groups in total. The number of ether oxygens (including phenoxy) is 2. The van der Waals surface area contributed by atoms with E-state index in [1.807, 2.05) is 13.0 Å². The van der Waals surface area contributed by atoms with Gasteiger partial charge in [0, 0.05) is 12.8 Å². The fourth-order valence-electron chi connectivity index (χ4n) is 1.00. The summed E-state index contributed by atoms with van der Waals surface area (Å²) in [6, 6.07) is 0. The zero-order valence-corrected chi connectivity index (χ0v) is 6.38. The van der Waals surface area contributed by atoms with Crippen LogP contribution in [0.25, 0.3) is 0 Å². The van der Waals surface area contributed by atoms with Crippen molar-refractivity contribution in [2.45, 2.75) is 25.9 Å². The van der Waals surface area contributed by atoms with Crippen molar-refractivity contribution in [2.75, 3.05) is 13.2 Å². The summed E-state index contributed by atoms with van der Waals surface area (Å²) in [5.41, 5.74) is 0. The van der Waals surface area contributed by atoms with Crippen LogP contribution in [-0.4, -0.2) is 19.3 Å². The Morgan fingerprint density at radius 1 is 1.40 bits per heavy atom. The minimum atomic E-state index is 0.393. The fraction of sp³-hybridized carbons (Fsp3) is 0.750. The molecular weight excluding hydrogens is 128 g/mol. The molecule has 2 nitrogen and oxygen atoms in total. The molecule has 1 aliphatic rings. The molecule has 1 aliphatic heterocycles. The summed E-state index contributed by atoms with van der Waals surface area (Å²) in [4.78, 5) is 0. The predicted molar refractivity (Wildman–Crippen MR) is 39.7 cm³/mol. The summed E-state index contributed by atoms with van der Waals surface area (Å²) >= 11 is 0. The van der Waals surface area contributed by atoms with E-state index < -0.39 is 0 Å². The molecule has 0 saturated carbocycles. The first-order valence-electron chi connectivity index (χ1n) is 3.78. The van der Waals surface area contributed by atoms with Crippen molar-refractivity contribution in [1.29, 1.82) is 0 Å². The maximum Gasteiger partial charge on any atom is 0.102 e. The molecule has 0 spiro atoms. The van der Waals surface area contributed by atoms with Crippen LogP contribution in [0.2, 0.25) is 0 Å². The molecule has 0 amide bonds. The van der Waals surface area contributed by atoms with Gasteiger partial charge in [-0.25, -0.2) is 0 Å². The van der Waals surface area contributed by atoms with E-state index in [0.29, 0.717) is 6.10 Å². The lowest BCUT2D eigenvalue weighted by atomic mass is 10.2. The van der Waals surface area contributed by atoms with Crippen molar-refractivity contribution < 1.29 is 9.47 Å². The van der Waals surface area contributed by atoms with Gasteiger partial charge in [0.1, 0.15) is 6.10 Å². The zero-order chi connectivity index (χ0) is 7.23. The van der Waals surface area contributed by atoms with Gasteiger partial charge in [-0.1, -0.05) is 6.08 Å². The van der Waals surface area contributed by atoms with E-state index in [9.17, 15) is 0 Å². The summed E-state index contributed by atoms with van der Waals surface area (Å²) < 4.78 is 10.5. The van der Waals surface area contributed by atoms with Gasteiger partial charge in [0.05, 0.1) is 19.5 Å². The third-order valence-electron chi connectivity index (χ3n) is 1.58. The fourth-order valence-corrected chi connectivity index (χ4v) is 1.00. The minimum absolute atomic E-state index is 0.393. The van der Waals surface area contributed by atoms with Gasteiger partial charge in [-0.3, -0.25) is 0 Å². The molecule has 0 aromatic rings. The average Bonchev–Trinajstić information content (AvgIpc) is 2.03.